The number of aromatic nitrogens is 2. The average Bonchev–Trinajstić information content (AvgIpc) is 2.75. The molecule has 0 aliphatic carbocycles. The minimum atomic E-state index is -1.97. The minimum Gasteiger partial charge on any atom is -0.497 e. The molecule has 0 fully saturated rings. The maximum absolute atomic E-state index is 13.1. The Hall–Kier alpha value is -3.92. The Balaban J connectivity index is 2.16. The second kappa shape index (κ2) is 9.92. The summed E-state index contributed by atoms with van der Waals surface area (Å²) in [6.45, 7) is 7.60. The highest BCUT2D eigenvalue weighted by Crippen LogP contribution is 2.36. The van der Waals surface area contributed by atoms with Crippen molar-refractivity contribution in [1.29, 1.82) is 0 Å². The van der Waals surface area contributed by atoms with Gasteiger partial charge in [-0.1, -0.05) is 37.8 Å². The number of hydrogen-bond donors (Lipinski definition) is 3. The van der Waals surface area contributed by atoms with Crippen LogP contribution in [0.5, 0.6) is 5.75 Å². The van der Waals surface area contributed by atoms with Crippen molar-refractivity contribution in [2.24, 2.45) is 0 Å². The van der Waals surface area contributed by atoms with E-state index in [0.717, 1.165) is 15.3 Å². The van der Waals surface area contributed by atoms with E-state index in [1.54, 1.807) is 19.2 Å². The lowest BCUT2D eigenvalue weighted by Crippen LogP contribution is -2.41. The Kier molecular flexibility index (Phi) is 7.21. The summed E-state index contributed by atoms with van der Waals surface area (Å²) in [5.74, 6) is -0.00909. The highest BCUT2D eigenvalue weighted by Gasteiger charge is 2.26. The van der Waals surface area contributed by atoms with Crippen LogP contribution in [-0.4, -0.2) is 36.5 Å². The fourth-order valence-corrected chi connectivity index (χ4v) is 5.13. The molecule has 10 heteroatoms. The van der Waals surface area contributed by atoms with Gasteiger partial charge in [0.15, 0.2) is 0 Å². The van der Waals surface area contributed by atoms with Gasteiger partial charge < -0.3 is 15.4 Å². The van der Waals surface area contributed by atoms with E-state index in [1.165, 1.54) is 19.2 Å². The van der Waals surface area contributed by atoms with Crippen molar-refractivity contribution in [1.82, 2.24) is 9.55 Å². The van der Waals surface area contributed by atoms with E-state index >= 15 is 0 Å². The molecule has 178 valence electrons. The van der Waals surface area contributed by atoms with Gasteiger partial charge in [0.2, 0.25) is 11.8 Å². The van der Waals surface area contributed by atoms with E-state index < -0.39 is 25.2 Å². The van der Waals surface area contributed by atoms with Gasteiger partial charge in [0.1, 0.15) is 12.3 Å². The molecular formula is C24H28N4O5Si. The molecule has 0 aliphatic rings. The molecule has 0 saturated heterocycles. The molecule has 0 atom stereocenters. The molecule has 0 aliphatic heterocycles. The van der Waals surface area contributed by atoms with Gasteiger partial charge in [0, 0.05) is 30.4 Å². The first kappa shape index (κ1) is 24.7. The van der Waals surface area contributed by atoms with Crippen molar-refractivity contribution in [3.8, 4) is 16.9 Å². The number of nitrogens with zero attached hydrogens (tertiary/aromatic N) is 1. The molecular weight excluding hydrogens is 452 g/mol. The smallest absolute Gasteiger partial charge is 0.328 e. The van der Waals surface area contributed by atoms with Crippen LogP contribution in [0.3, 0.4) is 0 Å². The Morgan fingerprint density at radius 3 is 2.24 bits per heavy atom. The van der Waals surface area contributed by atoms with Crippen LogP contribution in [0, 0.1) is 0 Å². The van der Waals surface area contributed by atoms with E-state index in [2.05, 4.69) is 35.3 Å². The minimum absolute atomic E-state index is 0.243. The Bertz CT molecular complexity index is 1340. The van der Waals surface area contributed by atoms with Crippen molar-refractivity contribution >= 4 is 36.4 Å². The second-order valence-corrected chi connectivity index (χ2v) is 13.9. The molecule has 34 heavy (non-hydrogen) atoms. The van der Waals surface area contributed by atoms with Gasteiger partial charge >= 0.3 is 5.69 Å². The average molecular weight is 481 g/mol. The van der Waals surface area contributed by atoms with Gasteiger partial charge in [-0.2, -0.15) is 0 Å². The van der Waals surface area contributed by atoms with Crippen LogP contribution in [0.1, 0.15) is 6.92 Å². The molecule has 1 aromatic heterocycles. The Morgan fingerprint density at radius 1 is 1.00 bits per heavy atom. The number of carbonyl (C=O) groups excluding carboxylic acids is 2. The maximum Gasteiger partial charge on any atom is 0.328 e. The Labute approximate surface area is 197 Å². The van der Waals surface area contributed by atoms with Gasteiger partial charge in [-0.3, -0.25) is 23.9 Å². The lowest BCUT2D eigenvalue weighted by molar-refractivity contribution is -0.117. The standard InChI is InChI=1S/C24H28N4O5Si/c1-15(29)25-18-10-11-19(34(3,4)5)23(22(18)16-6-8-17(33-2)9-7-16)26-21(31)14-28-13-12-20(30)27-24(28)32/h6-13H,14H2,1-5H3,(H,25,29)(H,26,31)(H,27,30,32). The van der Waals surface area contributed by atoms with Gasteiger partial charge in [-0.05, 0) is 28.9 Å². The van der Waals surface area contributed by atoms with Crippen LogP contribution < -0.4 is 31.8 Å². The summed E-state index contributed by atoms with van der Waals surface area (Å²) in [7, 11) is -0.391. The SMILES string of the molecule is COc1ccc(-c2c(NC(C)=O)ccc([Si](C)(C)C)c2NC(=O)Cn2ccc(=O)[nH]c2=O)cc1. The number of carbonyl (C=O) groups is 2. The van der Waals surface area contributed by atoms with Gasteiger partial charge in [0.25, 0.3) is 5.56 Å². The molecule has 9 nitrogen and oxygen atoms in total. The summed E-state index contributed by atoms with van der Waals surface area (Å²) >= 11 is 0. The van der Waals surface area contributed by atoms with Crippen molar-refractivity contribution < 1.29 is 14.3 Å². The normalized spacial score (nSPS) is 11.1. The molecule has 3 N–H and O–H groups in total. The van der Waals surface area contributed by atoms with E-state index in [0.29, 0.717) is 22.7 Å². The number of rotatable bonds is 7. The van der Waals surface area contributed by atoms with Gasteiger partial charge in [-0.15, -0.1) is 0 Å². The zero-order valence-corrected chi connectivity index (χ0v) is 20.8. The van der Waals surface area contributed by atoms with Crippen LogP contribution in [0.2, 0.25) is 19.6 Å². The first-order valence-corrected chi connectivity index (χ1v) is 14.2. The van der Waals surface area contributed by atoms with Crippen molar-refractivity contribution in [3.63, 3.8) is 0 Å². The number of amides is 2. The molecule has 3 aromatic rings. The summed E-state index contributed by atoms with van der Waals surface area (Å²) in [5.41, 5.74) is 1.37. The molecule has 0 spiro atoms. The number of anilines is 2. The summed E-state index contributed by atoms with van der Waals surface area (Å²) in [5, 5.41) is 6.82. The lowest BCUT2D eigenvalue weighted by atomic mass is 10.0. The van der Waals surface area contributed by atoms with Gasteiger partial charge in [-0.25, -0.2) is 4.79 Å². The van der Waals surface area contributed by atoms with E-state index in [1.807, 2.05) is 24.3 Å². The van der Waals surface area contributed by atoms with E-state index in [4.69, 9.17) is 4.74 Å². The molecule has 0 saturated carbocycles. The largest absolute Gasteiger partial charge is 0.497 e. The predicted molar refractivity (Wildman–Crippen MR) is 136 cm³/mol. The first-order valence-electron chi connectivity index (χ1n) is 10.7. The number of nitrogens with one attached hydrogen (secondary N) is 3. The van der Waals surface area contributed by atoms with Crippen molar-refractivity contribution in [3.05, 3.63) is 69.5 Å². The Morgan fingerprint density at radius 2 is 1.68 bits per heavy atom. The highest BCUT2D eigenvalue weighted by atomic mass is 28.3. The summed E-state index contributed by atoms with van der Waals surface area (Å²) in [4.78, 5) is 50.5. The van der Waals surface area contributed by atoms with E-state index in [9.17, 15) is 19.2 Å². The fourth-order valence-electron chi connectivity index (χ4n) is 3.61. The number of ether oxygens (including phenoxy) is 1. The number of benzene rings is 2. The van der Waals surface area contributed by atoms with Crippen LogP contribution >= 0.6 is 0 Å². The number of methoxy groups -OCH3 is 1. The van der Waals surface area contributed by atoms with Crippen LogP contribution in [0.4, 0.5) is 11.4 Å². The predicted octanol–water partition coefficient (Wildman–Crippen LogP) is 2.35. The molecule has 2 amide bonds. The zero-order chi connectivity index (χ0) is 25.0. The number of aromatic amines is 1. The van der Waals surface area contributed by atoms with Gasteiger partial charge in [0.05, 0.1) is 20.9 Å². The fraction of sp³-hybridized carbons (Fsp3) is 0.250. The second-order valence-electron chi connectivity index (χ2n) is 8.86. The molecule has 0 radical (unpaired) electrons. The zero-order valence-electron chi connectivity index (χ0n) is 19.8. The van der Waals surface area contributed by atoms with Crippen LogP contribution in [0.25, 0.3) is 11.1 Å². The topological polar surface area (TPSA) is 122 Å². The van der Waals surface area contributed by atoms with Crippen LogP contribution in [-0.2, 0) is 16.1 Å². The third-order valence-corrected chi connectivity index (χ3v) is 7.21. The molecule has 2 aromatic carbocycles. The third-order valence-electron chi connectivity index (χ3n) is 5.18. The monoisotopic (exact) mass is 480 g/mol. The maximum atomic E-state index is 13.1. The molecule has 3 rings (SSSR count). The van der Waals surface area contributed by atoms with Crippen LogP contribution in [0.15, 0.2) is 58.3 Å². The summed E-state index contributed by atoms with van der Waals surface area (Å²) in [6.07, 6.45) is 1.28. The quantitative estimate of drug-likeness (QED) is 0.448. The third kappa shape index (κ3) is 5.70. The van der Waals surface area contributed by atoms with Crippen molar-refractivity contribution in [2.75, 3.05) is 17.7 Å². The number of hydrogen-bond acceptors (Lipinski definition) is 5. The van der Waals surface area contributed by atoms with E-state index in [-0.39, 0.29) is 12.5 Å². The van der Waals surface area contributed by atoms with Crippen molar-refractivity contribution in [2.45, 2.75) is 33.1 Å². The summed E-state index contributed by atoms with van der Waals surface area (Å²) in [6, 6.07) is 12.3. The molecule has 0 unspecified atom stereocenters. The number of H-pyrrole nitrogens is 1. The lowest BCUT2D eigenvalue weighted by Gasteiger charge is -2.26. The summed E-state index contributed by atoms with van der Waals surface area (Å²) < 4.78 is 6.39. The highest BCUT2D eigenvalue weighted by molar-refractivity contribution is 6.90. The first-order chi connectivity index (χ1) is 16.0. The molecule has 0 bridgehead atoms. The molecule has 1 heterocycles.